The van der Waals surface area contributed by atoms with Crippen molar-refractivity contribution >= 4 is 5.71 Å². The van der Waals surface area contributed by atoms with Crippen LogP contribution in [-0.2, 0) is 6.42 Å². The minimum atomic E-state index is 0.313. The van der Waals surface area contributed by atoms with Gasteiger partial charge in [0, 0.05) is 16.8 Å². The molecule has 1 aliphatic rings. The molecule has 1 unspecified atom stereocenters. The number of aliphatic imine (C=N–C) groups is 1. The first-order valence-electron chi connectivity index (χ1n) is 5.46. The average molecular weight is 219 g/mol. The van der Waals surface area contributed by atoms with E-state index in [1.54, 1.807) is 14.2 Å². The third-order valence-corrected chi connectivity index (χ3v) is 2.95. The maximum Gasteiger partial charge on any atom is 0.164 e. The van der Waals surface area contributed by atoms with Gasteiger partial charge >= 0.3 is 0 Å². The van der Waals surface area contributed by atoms with Crippen molar-refractivity contribution in [3.8, 4) is 11.5 Å². The molecule has 0 saturated heterocycles. The number of fused-ring (bicyclic) bond motifs is 1. The lowest BCUT2D eigenvalue weighted by atomic mass is 9.93. The van der Waals surface area contributed by atoms with Crippen molar-refractivity contribution < 1.29 is 9.47 Å². The van der Waals surface area contributed by atoms with E-state index in [4.69, 9.17) is 9.47 Å². The Bertz CT molecular complexity index is 438. The second-order valence-corrected chi connectivity index (χ2v) is 4.09. The van der Waals surface area contributed by atoms with Crippen molar-refractivity contribution in [1.82, 2.24) is 0 Å². The predicted octanol–water partition coefficient (Wildman–Crippen LogP) is 2.46. The van der Waals surface area contributed by atoms with Crippen LogP contribution >= 0.6 is 0 Å². The summed E-state index contributed by atoms with van der Waals surface area (Å²) in [7, 11) is 3.35. The Balaban J connectivity index is 2.60. The number of nitrogens with zero attached hydrogens (tertiary/aromatic N) is 1. The highest BCUT2D eigenvalue weighted by molar-refractivity contribution is 6.01. The first kappa shape index (κ1) is 11.0. The highest BCUT2D eigenvalue weighted by Gasteiger charge is 2.21. The minimum Gasteiger partial charge on any atom is -0.493 e. The molecule has 0 amide bonds. The molecule has 0 aliphatic carbocycles. The van der Waals surface area contributed by atoms with Crippen LogP contribution in [0, 0.1) is 0 Å². The zero-order valence-electron chi connectivity index (χ0n) is 10.2. The van der Waals surface area contributed by atoms with Crippen molar-refractivity contribution in [2.45, 2.75) is 26.3 Å². The lowest BCUT2D eigenvalue weighted by molar-refractivity contribution is 0.350. The SMILES string of the molecule is COc1ccc2c(c1OC)CC(C)N=C2C. The molecule has 1 aromatic rings. The van der Waals surface area contributed by atoms with Gasteiger partial charge in [-0.25, -0.2) is 0 Å². The van der Waals surface area contributed by atoms with Gasteiger partial charge in [0.15, 0.2) is 11.5 Å². The van der Waals surface area contributed by atoms with Gasteiger partial charge in [-0.2, -0.15) is 0 Å². The van der Waals surface area contributed by atoms with Crippen LogP contribution in [0.1, 0.15) is 25.0 Å². The quantitative estimate of drug-likeness (QED) is 0.765. The van der Waals surface area contributed by atoms with Gasteiger partial charge in [0.05, 0.1) is 20.3 Å². The molecular formula is C13H17NO2. The molecule has 3 heteroatoms. The third-order valence-electron chi connectivity index (χ3n) is 2.95. The van der Waals surface area contributed by atoms with E-state index < -0.39 is 0 Å². The van der Waals surface area contributed by atoms with Crippen LogP contribution in [0.4, 0.5) is 0 Å². The predicted molar refractivity (Wildman–Crippen MR) is 64.9 cm³/mol. The topological polar surface area (TPSA) is 30.8 Å². The molecule has 3 nitrogen and oxygen atoms in total. The number of methoxy groups -OCH3 is 2. The summed E-state index contributed by atoms with van der Waals surface area (Å²) in [6.07, 6.45) is 0.910. The Labute approximate surface area is 96.1 Å². The van der Waals surface area contributed by atoms with Gasteiger partial charge in [-0.15, -0.1) is 0 Å². The molecule has 1 aliphatic heterocycles. The zero-order chi connectivity index (χ0) is 11.7. The molecule has 0 N–H and O–H groups in total. The van der Waals surface area contributed by atoms with Gasteiger partial charge in [-0.05, 0) is 32.4 Å². The maximum absolute atomic E-state index is 5.45. The fourth-order valence-electron chi connectivity index (χ4n) is 2.27. The summed E-state index contributed by atoms with van der Waals surface area (Å²) in [6.45, 7) is 4.16. The molecule has 1 heterocycles. The van der Waals surface area contributed by atoms with Crippen molar-refractivity contribution in [2.24, 2.45) is 4.99 Å². The first-order chi connectivity index (χ1) is 7.67. The van der Waals surface area contributed by atoms with Crippen LogP contribution in [0.3, 0.4) is 0 Å². The monoisotopic (exact) mass is 219 g/mol. The highest BCUT2D eigenvalue weighted by atomic mass is 16.5. The van der Waals surface area contributed by atoms with Crippen LogP contribution in [0.25, 0.3) is 0 Å². The van der Waals surface area contributed by atoms with E-state index in [-0.39, 0.29) is 0 Å². The Hall–Kier alpha value is -1.51. The molecule has 2 rings (SSSR count). The molecule has 0 aromatic heterocycles. The van der Waals surface area contributed by atoms with Gasteiger partial charge in [0.25, 0.3) is 0 Å². The minimum absolute atomic E-state index is 0.313. The van der Waals surface area contributed by atoms with Gasteiger partial charge in [-0.3, -0.25) is 4.99 Å². The van der Waals surface area contributed by atoms with E-state index in [1.807, 2.05) is 13.0 Å². The Morgan fingerprint density at radius 2 is 2.00 bits per heavy atom. The summed E-state index contributed by atoms with van der Waals surface area (Å²) in [4.78, 5) is 4.58. The van der Waals surface area contributed by atoms with Gasteiger partial charge < -0.3 is 9.47 Å². The van der Waals surface area contributed by atoms with Crippen molar-refractivity contribution in [2.75, 3.05) is 14.2 Å². The van der Waals surface area contributed by atoms with E-state index in [0.29, 0.717) is 6.04 Å². The van der Waals surface area contributed by atoms with E-state index in [2.05, 4.69) is 18.0 Å². The largest absolute Gasteiger partial charge is 0.493 e. The summed E-state index contributed by atoms with van der Waals surface area (Å²) < 4.78 is 10.8. The standard InChI is InChI=1S/C13H17NO2/c1-8-7-11-10(9(2)14-8)5-6-12(15-3)13(11)16-4/h5-6,8H,7H2,1-4H3. The molecule has 1 atom stereocenters. The smallest absolute Gasteiger partial charge is 0.164 e. The van der Waals surface area contributed by atoms with Gasteiger partial charge in [0.2, 0.25) is 0 Å². The lowest BCUT2D eigenvalue weighted by Crippen LogP contribution is -2.17. The Kier molecular flexibility index (Phi) is 2.86. The van der Waals surface area contributed by atoms with E-state index >= 15 is 0 Å². The molecule has 0 bridgehead atoms. The van der Waals surface area contributed by atoms with Crippen LogP contribution in [0.15, 0.2) is 17.1 Å². The second kappa shape index (κ2) is 4.16. The van der Waals surface area contributed by atoms with Crippen molar-refractivity contribution in [1.29, 1.82) is 0 Å². The molecule has 16 heavy (non-hydrogen) atoms. The third kappa shape index (κ3) is 1.66. The molecule has 1 aromatic carbocycles. The number of rotatable bonds is 2. The van der Waals surface area contributed by atoms with Crippen LogP contribution < -0.4 is 9.47 Å². The van der Waals surface area contributed by atoms with Gasteiger partial charge in [-0.1, -0.05) is 0 Å². The normalized spacial score (nSPS) is 18.8. The molecule has 0 fully saturated rings. The second-order valence-electron chi connectivity index (χ2n) is 4.09. The number of hydrogen-bond acceptors (Lipinski definition) is 3. The summed E-state index contributed by atoms with van der Waals surface area (Å²) >= 11 is 0. The Morgan fingerprint density at radius 3 is 2.62 bits per heavy atom. The van der Waals surface area contributed by atoms with E-state index in [0.717, 1.165) is 23.6 Å². The van der Waals surface area contributed by atoms with Gasteiger partial charge in [0.1, 0.15) is 0 Å². The first-order valence-corrected chi connectivity index (χ1v) is 5.46. The summed E-state index contributed by atoms with van der Waals surface area (Å²) in [6, 6.07) is 4.31. The molecule has 86 valence electrons. The summed E-state index contributed by atoms with van der Waals surface area (Å²) in [5.41, 5.74) is 3.47. The summed E-state index contributed by atoms with van der Waals surface area (Å²) in [5, 5.41) is 0. The molecular weight excluding hydrogens is 202 g/mol. The average Bonchev–Trinajstić information content (AvgIpc) is 2.27. The lowest BCUT2D eigenvalue weighted by Gasteiger charge is -2.22. The van der Waals surface area contributed by atoms with E-state index in [1.165, 1.54) is 11.1 Å². The summed E-state index contributed by atoms with van der Waals surface area (Å²) in [5.74, 6) is 1.64. The van der Waals surface area contributed by atoms with Crippen molar-refractivity contribution in [3.05, 3.63) is 23.3 Å². The molecule has 0 saturated carbocycles. The number of benzene rings is 1. The molecule has 0 radical (unpaired) electrons. The van der Waals surface area contributed by atoms with Crippen LogP contribution in [0.5, 0.6) is 11.5 Å². The van der Waals surface area contributed by atoms with Crippen molar-refractivity contribution in [3.63, 3.8) is 0 Å². The van der Waals surface area contributed by atoms with E-state index in [9.17, 15) is 0 Å². The number of hydrogen-bond donors (Lipinski definition) is 0. The van der Waals surface area contributed by atoms with Crippen LogP contribution in [-0.4, -0.2) is 26.0 Å². The highest BCUT2D eigenvalue weighted by Crippen LogP contribution is 2.36. The zero-order valence-corrected chi connectivity index (χ0v) is 10.2. The molecule has 0 spiro atoms. The fraction of sp³-hybridized carbons (Fsp3) is 0.462. The fourth-order valence-corrected chi connectivity index (χ4v) is 2.27. The Morgan fingerprint density at radius 1 is 1.25 bits per heavy atom. The number of ether oxygens (including phenoxy) is 2. The van der Waals surface area contributed by atoms with Crippen LogP contribution in [0.2, 0.25) is 0 Å². The maximum atomic E-state index is 5.45.